The van der Waals surface area contributed by atoms with Crippen molar-refractivity contribution in [1.29, 1.82) is 0 Å². The Kier molecular flexibility index (Phi) is 38.2. The zero-order chi connectivity index (χ0) is 74.6. The number of fused-ring (bicyclic) bond motifs is 2. The predicted molar refractivity (Wildman–Crippen MR) is 385 cm³/mol. The van der Waals surface area contributed by atoms with Gasteiger partial charge in [0.25, 0.3) is 11.8 Å². The van der Waals surface area contributed by atoms with Gasteiger partial charge in [-0.3, -0.25) is 48.1 Å². The Morgan fingerprint density at radius 1 is 0.631 bits per heavy atom. The summed E-state index contributed by atoms with van der Waals surface area (Å²) in [6, 6.07) is 12.4. The van der Waals surface area contributed by atoms with Gasteiger partial charge in [0.15, 0.2) is 0 Å². The lowest BCUT2D eigenvalue weighted by molar-refractivity contribution is -0.149. The van der Waals surface area contributed by atoms with Gasteiger partial charge in [-0.2, -0.15) is 0 Å². The highest BCUT2D eigenvalue weighted by Gasteiger charge is 2.56. The van der Waals surface area contributed by atoms with E-state index in [9.17, 15) is 38.4 Å². The molecule has 0 radical (unpaired) electrons. The molecule has 6 rings (SSSR count). The number of anilines is 1. The first-order valence-corrected chi connectivity index (χ1v) is 37.1. The summed E-state index contributed by atoms with van der Waals surface area (Å²) < 4.78 is 56.2. The summed E-state index contributed by atoms with van der Waals surface area (Å²) >= 11 is 0. The van der Waals surface area contributed by atoms with Crippen molar-refractivity contribution in [1.82, 2.24) is 35.6 Å². The Labute approximate surface area is 609 Å². The number of piperidine rings is 1. The Hall–Kier alpha value is -6.79. The van der Waals surface area contributed by atoms with Gasteiger partial charge < -0.3 is 83.3 Å². The lowest BCUT2D eigenvalue weighted by atomic mass is 9.89. The smallest absolute Gasteiger partial charge is 0.253 e. The lowest BCUT2D eigenvalue weighted by Crippen LogP contribution is -2.60. The van der Waals surface area contributed by atoms with Gasteiger partial charge in [-0.1, -0.05) is 96.8 Å². The SMILES string of the molecule is CC[C@H](C)[C@@H]([C@@H](CC(=O)N1CCC[C@H]1[C@H](OC)[C@@H](C)C(=O)N[C@@H](Cc1ccccc1)C(=O)Nc1ccc(CNC(=O)CCCCCN2C(=O)C=CC2=O)cc1)OC)N(C)C(=O)[C@@H](NC(=O)[C@H]1C2CCC([C@@H]2C)N1C(=O)CCOCCOCCOCCOCCOCCOCCOCCOC)C(C)C. The molecule has 3 fully saturated rings. The lowest BCUT2D eigenvalue weighted by Gasteiger charge is -2.41. The number of likely N-dealkylation sites (tertiary alicyclic amines) is 2. The molecule has 2 aromatic rings. The van der Waals surface area contributed by atoms with E-state index in [4.69, 9.17) is 47.4 Å². The molecule has 2 unspecified atom stereocenters. The molecule has 1 aliphatic carbocycles. The van der Waals surface area contributed by atoms with E-state index in [0.29, 0.717) is 150 Å². The number of rotatable bonds is 52. The van der Waals surface area contributed by atoms with E-state index in [0.717, 1.165) is 24.0 Å². The van der Waals surface area contributed by atoms with Crippen LogP contribution < -0.4 is 21.3 Å². The summed E-state index contributed by atoms with van der Waals surface area (Å²) in [6.45, 7) is 18.9. The maximum atomic E-state index is 15.0. The largest absolute Gasteiger partial charge is 0.382 e. The molecule has 27 nitrogen and oxygen atoms in total. The molecule has 3 heterocycles. The number of benzene rings is 2. The normalized spacial score (nSPS) is 19.9. The van der Waals surface area contributed by atoms with Crippen molar-refractivity contribution in [2.24, 2.45) is 29.6 Å². The monoisotopic (exact) mass is 1450 g/mol. The minimum atomic E-state index is -1.00. The number of hydrogen-bond donors (Lipinski definition) is 4. The van der Waals surface area contributed by atoms with Crippen molar-refractivity contribution in [2.45, 2.75) is 174 Å². The second kappa shape index (κ2) is 46.2. The molecule has 12 atom stereocenters. The minimum Gasteiger partial charge on any atom is -0.382 e. The Morgan fingerprint density at radius 2 is 1.21 bits per heavy atom. The summed E-state index contributed by atoms with van der Waals surface area (Å²) in [6.07, 6.45) is 6.74. The highest BCUT2D eigenvalue weighted by Crippen LogP contribution is 2.47. The summed E-state index contributed by atoms with van der Waals surface area (Å²) in [4.78, 5) is 130. The number of ether oxygens (including phenoxy) is 10. The number of nitrogens with one attached hydrogen (secondary N) is 4. The fourth-order valence-electron chi connectivity index (χ4n) is 14.2. The molecule has 27 heteroatoms. The van der Waals surface area contributed by atoms with E-state index in [1.54, 1.807) is 60.0 Å². The molecule has 576 valence electrons. The standard InChI is InChI=1S/C76H118N8O19/c1-11-53(4)70(81(7)76(93)69(52(2)3)80-75(92)71-59-27-28-61(54(59)5)84(71)67(88)31-34-97-37-38-99-41-42-101-45-46-103-48-47-102-44-43-100-40-39-98-36-35-94-8)63(95-9)50-68(89)82-33-18-21-62(82)72(96-10)55(6)73(90)79-60(49-56-19-14-12-15-20-56)74(91)78-58-25-23-57(24-26-58)51-77-64(85)22-16-13-17-32-83-65(86)29-30-66(83)87/h12,14-15,19-20,23-26,29-30,52-55,59-63,69-72H,11,13,16-18,21-22,27-28,31-51H2,1-10H3,(H,77,85)(H,78,91)(H,79,90)(H,80,92)/t53-,54+,55+,59?,60-,61?,62-,63+,69-,70-,71+,72+/m0/s1. The van der Waals surface area contributed by atoms with Crippen LogP contribution in [0.3, 0.4) is 0 Å². The molecule has 2 aromatic carbocycles. The minimum absolute atomic E-state index is 0.0775. The van der Waals surface area contributed by atoms with E-state index in [1.807, 2.05) is 58.0 Å². The fourth-order valence-corrected chi connectivity index (χ4v) is 14.2. The van der Waals surface area contributed by atoms with Crippen LogP contribution in [0.2, 0.25) is 0 Å². The Bertz CT molecular complexity index is 2940. The molecule has 2 bridgehead atoms. The van der Waals surface area contributed by atoms with E-state index >= 15 is 4.79 Å². The second-order valence-corrected chi connectivity index (χ2v) is 27.4. The number of methoxy groups -OCH3 is 3. The average Bonchev–Trinajstić information content (AvgIpc) is 1.59. The van der Waals surface area contributed by atoms with Crippen molar-refractivity contribution in [3.63, 3.8) is 0 Å². The quantitative estimate of drug-likeness (QED) is 0.0483. The van der Waals surface area contributed by atoms with Crippen molar-refractivity contribution in [3.8, 4) is 0 Å². The molecular weight excluding hydrogens is 1330 g/mol. The van der Waals surface area contributed by atoms with Crippen LogP contribution in [-0.4, -0.2) is 262 Å². The predicted octanol–water partition coefficient (Wildman–Crippen LogP) is 5.29. The van der Waals surface area contributed by atoms with Crippen LogP contribution >= 0.6 is 0 Å². The van der Waals surface area contributed by atoms with Gasteiger partial charge in [-0.15, -0.1) is 0 Å². The van der Waals surface area contributed by atoms with Crippen LogP contribution in [0.25, 0.3) is 0 Å². The van der Waals surface area contributed by atoms with Crippen LogP contribution in [0.1, 0.15) is 123 Å². The number of amides is 9. The number of likely N-dealkylation sites (N-methyl/N-ethyl adjacent to an activating group) is 1. The van der Waals surface area contributed by atoms with Gasteiger partial charge in [0.1, 0.15) is 18.1 Å². The molecule has 2 saturated heterocycles. The van der Waals surface area contributed by atoms with Gasteiger partial charge in [0.05, 0.1) is 142 Å². The zero-order valence-corrected chi connectivity index (χ0v) is 62.6. The van der Waals surface area contributed by atoms with Crippen LogP contribution in [-0.2, 0) is 103 Å². The van der Waals surface area contributed by atoms with Crippen LogP contribution in [0.4, 0.5) is 5.69 Å². The summed E-state index contributed by atoms with van der Waals surface area (Å²) in [5, 5.41) is 12.0. The van der Waals surface area contributed by atoms with E-state index in [2.05, 4.69) is 28.2 Å². The Balaban J connectivity index is 0.958. The first-order chi connectivity index (χ1) is 49.7. The molecule has 4 aliphatic rings. The van der Waals surface area contributed by atoms with Gasteiger partial charge in [0, 0.05) is 84.7 Å². The van der Waals surface area contributed by atoms with Crippen molar-refractivity contribution in [2.75, 3.05) is 146 Å². The number of unbranched alkanes of at least 4 members (excludes halogenated alkanes) is 2. The highest BCUT2D eigenvalue weighted by atomic mass is 16.6. The third-order valence-corrected chi connectivity index (χ3v) is 20.1. The molecule has 3 aliphatic heterocycles. The second-order valence-electron chi connectivity index (χ2n) is 27.4. The number of carbonyl (C=O) groups excluding carboxylic acids is 9. The molecule has 4 N–H and O–H groups in total. The number of carbonyl (C=O) groups is 9. The first-order valence-electron chi connectivity index (χ1n) is 37.1. The number of imide groups is 1. The van der Waals surface area contributed by atoms with Crippen LogP contribution in [0, 0.1) is 29.6 Å². The number of nitrogens with zero attached hydrogens (tertiary/aromatic N) is 4. The highest BCUT2D eigenvalue weighted by molar-refractivity contribution is 6.12. The summed E-state index contributed by atoms with van der Waals surface area (Å²) in [5.41, 5.74) is 2.11. The summed E-state index contributed by atoms with van der Waals surface area (Å²) in [7, 11) is 6.36. The summed E-state index contributed by atoms with van der Waals surface area (Å²) in [5.74, 6) is -4.10. The maximum Gasteiger partial charge on any atom is 0.253 e. The van der Waals surface area contributed by atoms with E-state index in [1.165, 1.54) is 31.3 Å². The van der Waals surface area contributed by atoms with Crippen LogP contribution in [0.5, 0.6) is 0 Å². The van der Waals surface area contributed by atoms with E-state index < -0.39 is 60.1 Å². The third-order valence-electron chi connectivity index (χ3n) is 20.1. The molecule has 1 saturated carbocycles. The average molecular weight is 1450 g/mol. The molecule has 103 heavy (non-hydrogen) atoms. The molecule has 9 amide bonds. The Morgan fingerprint density at radius 3 is 1.77 bits per heavy atom. The van der Waals surface area contributed by atoms with Crippen molar-refractivity contribution in [3.05, 3.63) is 77.9 Å². The van der Waals surface area contributed by atoms with Gasteiger partial charge in [-0.05, 0) is 85.5 Å². The molecular formula is C76H118N8O19. The fraction of sp³-hybridized carbons (Fsp3) is 0.697. The van der Waals surface area contributed by atoms with Gasteiger partial charge in [-0.25, -0.2) is 0 Å². The first kappa shape index (κ1) is 85.1. The van der Waals surface area contributed by atoms with Crippen molar-refractivity contribution < 1.29 is 90.5 Å². The van der Waals surface area contributed by atoms with Gasteiger partial charge >= 0.3 is 0 Å². The zero-order valence-electron chi connectivity index (χ0n) is 62.6. The molecule has 0 aromatic heterocycles. The maximum absolute atomic E-state index is 15.0. The van der Waals surface area contributed by atoms with Crippen LogP contribution in [0.15, 0.2) is 66.7 Å². The molecule has 0 spiro atoms. The van der Waals surface area contributed by atoms with E-state index in [-0.39, 0.29) is 110 Å². The van der Waals surface area contributed by atoms with Crippen molar-refractivity contribution >= 4 is 58.9 Å². The topological polar surface area (TPSA) is 307 Å². The number of hydrogen-bond acceptors (Lipinski definition) is 19. The third kappa shape index (κ3) is 26.9. The van der Waals surface area contributed by atoms with Gasteiger partial charge in [0.2, 0.25) is 41.4 Å².